The number of thiazole rings is 1. The minimum atomic E-state index is 0.397. The van der Waals surface area contributed by atoms with Crippen molar-refractivity contribution in [1.82, 2.24) is 4.98 Å². The molecule has 1 aromatic carbocycles. The van der Waals surface area contributed by atoms with Crippen molar-refractivity contribution in [2.24, 2.45) is 0 Å². The van der Waals surface area contributed by atoms with Crippen LogP contribution < -0.4 is 10.1 Å². The molecule has 1 heterocycles. The second-order valence-corrected chi connectivity index (χ2v) is 7.96. The first-order valence-corrected chi connectivity index (χ1v) is 9.52. The van der Waals surface area contributed by atoms with Crippen molar-refractivity contribution in [3.8, 4) is 5.75 Å². The van der Waals surface area contributed by atoms with Gasteiger partial charge < -0.3 is 10.1 Å². The predicted octanol–water partition coefficient (Wildman–Crippen LogP) is 4.78. The Hall–Kier alpha value is -0.940. The molecule has 0 aliphatic heterocycles. The molecule has 3 nitrogen and oxygen atoms in total. The van der Waals surface area contributed by atoms with Crippen molar-refractivity contribution in [3.05, 3.63) is 18.2 Å². The van der Waals surface area contributed by atoms with Gasteiger partial charge in [0, 0.05) is 11.3 Å². The van der Waals surface area contributed by atoms with Gasteiger partial charge in [-0.05, 0) is 37.3 Å². The number of anilines is 1. The van der Waals surface area contributed by atoms with Crippen LogP contribution >= 0.6 is 23.1 Å². The van der Waals surface area contributed by atoms with Crippen LogP contribution in [-0.4, -0.2) is 29.6 Å². The van der Waals surface area contributed by atoms with Gasteiger partial charge in [0.05, 0.1) is 17.3 Å². The van der Waals surface area contributed by atoms with Crippen molar-refractivity contribution in [2.45, 2.75) is 36.9 Å². The smallest absolute Gasteiger partial charge is 0.183 e. The van der Waals surface area contributed by atoms with Crippen molar-refractivity contribution in [3.63, 3.8) is 0 Å². The lowest BCUT2D eigenvalue weighted by atomic mass is 9.88. The molecule has 0 radical (unpaired) electrons. The summed E-state index contributed by atoms with van der Waals surface area (Å²) >= 11 is 3.73. The van der Waals surface area contributed by atoms with Gasteiger partial charge in [0.25, 0.3) is 0 Å². The van der Waals surface area contributed by atoms with Crippen LogP contribution in [0.2, 0.25) is 0 Å². The van der Waals surface area contributed by atoms with Crippen molar-refractivity contribution in [1.29, 1.82) is 0 Å². The Balaban J connectivity index is 1.72. The highest BCUT2D eigenvalue weighted by molar-refractivity contribution is 8.00. The molecule has 0 unspecified atom stereocenters. The zero-order valence-corrected chi connectivity index (χ0v) is 14.3. The van der Waals surface area contributed by atoms with Crippen molar-refractivity contribution in [2.75, 3.05) is 25.2 Å². The number of hydrogen-bond donors (Lipinski definition) is 1. The number of rotatable bonds is 5. The highest BCUT2D eigenvalue weighted by atomic mass is 32.2. The molecule has 0 amide bonds. The summed E-state index contributed by atoms with van der Waals surface area (Å²) in [6.45, 7) is 1.02. The normalized spacial score (nSPS) is 17.8. The van der Waals surface area contributed by atoms with Gasteiger partial charge in [-0.15, -0.1) is 0 Å². The Bertz CT molecular complexity index is 605. The van der Waals surface area contributed by atoms with E-state index >= 15 is 0 Å². The molecular weight excluding hydrogens is 300 g/mol. The van der Waals surface area contributed by atoms with E-state index < -0.39 is 0 Å². The average Bonchev–Trinajstić information content (AvgIpc) is 2.95. The highest BCUT2D eigenvalue weighted by Crippen LogP contribution is 2.39. The molecule has 0 spiro atoms. The molecule has 1 aromatic heterocycles. The van der Waals surface area contributed by atoms with Crippen LogP contribution in [0.25, 0.3) is 10.2 Å². The van der Waals surface area contributed by atoms with E-state index in [4.69, 9.17) is 4.74 Å². The lowest BCUT2D eigenvalue weighted by molar-refractivity contribution is 0.411. The zero-order valence-electron chi connectivity index (χ0n) is 12.6. The Morgan fingerprint density at radius 3 is 2.86 bits per heavy atom. The van der Waals surface area contributed by atoms with Crippen LogP contribution in [-0.2, 0) is 0 Å². The van der Waals surface area contributed by atoms with Crippen LogP contribution in [0, 0.1) is 0 Å². The van der Waals surface area contributed by atoms with Gasteiger partial charge >= 0.3 is 0 Å². The topological polar surface area (TPSA) is 34.1 Å². The van der Waals surface area contributed by atoms with Crippen LogP contribution in [0.4, 0.5) is 5.13 Å². The molecule has 1 aliphatic rings. The third-order valence-electron chi connectivity index (χ3n) is 4.36. The number of methoxy groups -OCH3 is 1. The summed E-state index contributed by atoms with van der Waals surface area (Å²) in [7, 11) is 1.70. The zero-order chi connectivity index (χ0) is 14.7. The standard InChI is InChI=1S/C16H22N2OS2/c1-19-12-6-7-13-14(10-12)21-15(18-13)17-11-16(20-2)8-4-3-5-9-16/h6-7,10H,3-5,8-9,11H2,1-2H3,(H,17,18). The van der Waals surface area contributed by atoms with Gasteiger partial charge in [-0.3, -0.25) is 0 Å². The Morgan fingerprint density at radius 1 is 1.33 bits per heavy atom. The monoisotopic (exact) mass is 322 g/mol. The maximum atomic E-state index is 5.28. The van der Waals surface area contributed by atoms with Crippen LogP contribution in [0.5, 0.6) is 5.75 Å². The largest absolute Gasteiger partial charge is 0.497 e. The molecule has 1 fully saturated rings. The number of aromatic nitrogens is 1. The van der Waals surface area contributed by atoms with E-state index in [1.54, 1.807) is 18.4 Å². The van der Waals surface area contributed by atoms with Crippen LogP contribution in [0.1, 0.15) is 32.1 Å². The first-order chi connectivity index (χ1) is 10.2. The molecule has 0 bridgehead atoms. The minimum Gasteiger partial charge on any atom is -0.497 e. The molecule has 1 aliphatic carbocycles. The first kappa shape index (κ1) is 15.0. The number of nitrogens with zero attached hydrogens (tertiary/aromatic N) is 1. The maximum Gasteiger partial charge on any atom is 0.183 e. The second kappa shape index (κ2) is 6.44. The fourth-order valence-corrected chi connectivity index (χ4v) is 4.80. The molecular formula is C16H22N2OS2. The predicted molar refractivity (Wildman–Crippen MR) is 94.0 cm³/mol. The molecule has 3 rings (SSSR count). The van der Waals surface area contributed by atoms with Crippen molar-refractivity contribution < 1.29 is 4.74 Å². The summed E-state index contributed by atoms with van der Waals surface area (Å²) in [6, 6.07) is 6.06. The quantitative estimate of drug-likeness (QED) is 0.859. The van der Waals surface area contributed by atoms with Gasteiger partial charge in [0.1, 0.15) is 5.75 Å². The van der Waals surface area contributed by atoms with Gasteiger partial charge in [-0.25, -0.2) is 4.98 Å². The molecule has 0 atom stereocenters. The summed E-state index contributed by atoms with van der Waals surface area (Å²) in [5.41, 5.74) is 1.05. The number of benzene rings is 1. The third kappa shape index (κ3) is 3.29. The highest BCUT2D eigenvalue weighted by Gasteiger charge is 2.31. The first-order valence-electron chi connectivity index (χ1n) is 7.48. The summed E-state index contributed by atoms with van der Waals surface area (Å²) in [5.74, 6) is 0.894. The van der Waals surface area contributed by atoms with Gasteiger partial charge in [0.15, 0.2) is 5.13 Å². The van der Waals surface area contributed by atoms with Gasteiger partial charge in [0.2, 0.25) is 0 Å². The van der Waals surface area contributed by atoms with E-state index in [-0.39, 0.29) is 0 Å². The summed E-state index contributed by atoms with van der Waals surface area (Å²) < 4.78 is 6.85. The number of hydrogen-bond acceptors (Lipinski definition) is 5. The maximum absolute atomic E-state index is 5.28. The lowest BCUT2D eigenvalue weighted by Crippen LogP contribution is -2.35. The van der Waals surface area contributed by atoms with E-state index in [1.807, 2.05) is 23.9 Å². The summed E-state index contributed by atoms with van der Waals surface area (Å²) in [4.78, 5) is 4.68. The fraction of sp³-hybridized carbons (Fsp3) is 0.562. The van der Waals surface area contributed by atoms with E-state index in [2.05, 4.69) is 22.6 Å². The molecule has 21 heavy (non-hydrogen) atoms. The molecule has 5 heteroatoms. The van der Waals surface area contributed by atoms with Gasteiger partial charge in [-0.2, -0.15) is 11.8 Å². The molecule has 0 saturated heterocycles. The molecule has 114 valence electrons. The number of ether oxygens (including phenoxy) is 1. The van der Waals surface area contributed by atoms with Crippen LogP contribution in [0.15, 0.2) is 18.2 Å². The summed E-state index contributed by atoms with van der Waals surface area (Å²) in [5, 5.41) is 4.60. The lowest BCUT2D eigenvalue weighted by Gasteiger charge is -2.35. The SMILES string of the molecule is COc1ccc2nc(NCC3(SC)CCCCC3)sc2c1. The third-order valence-corrected chi connectivity index (χ3v) is 6.75. The second-order valence-electron chi connectivity index (χ2n) is 5.65. The fourth-order valence-electron chi connectivity index (χ4n) is 2.99. The Kier molecular flexibility index (Phi) is 4.60. The van der Waals surface area contributed by atoms with Gasteiger partial charge in [-0.1, -0.05) is 30.6 Å². The number of fused-ring (bicyclic) bond motifs is 1. The van der Waals surface area contributed by atoms with E-state index in [9.17, 15) is 0 Å². The minimum absolute atomic E-state index is 0.397. The molecule has 1 saturated carbocycles. The number of thioether (sulfide) groups is 1. The van der Waals surface area contributed by atoms with E-state index in [1.165, 1.54) is 36.8 Å². The Morgan fingerprint density at radius 2 is 2.14 bits per heavy atom. The average molecular weight is 322 g/mol. The Labute approximate surface area is 134 Å². The van der Waals surface area contributed by atoms with E-state index in [0.29, 0.717) is 4.75 Å². The van der Waals surface area contributed by atoms with Crippen molar-refractivity contribution >= 4 is 38.4 Å². The van der Waals surface area contributed by atoms with E-state index in [0.717, 1.165) is 22.9 Å². The van der Waals surface area contributed by atoms with Crippen LogP contribution in [0.3, 0.4) is 0 Å². The summed E-state index contributed by atoms with van der Waals surface area (Å²) in [6.07, 6.45) is 9.00. The number of nitrogens with one attached hydrogen (secondary N) is 1. The molecule has 1 N–H and O–H groups in total. The molecule has 2 aromatic rings.